The maximum absolute atomic E-state index is 6.12. The molecule has 0 fully saturated rings. The summed E-state index contributed by atoms with van der Waals surface area (Å²) in [5, 5.41) is 6.22. The molecule has 0 aromatic heterocycles. The first-order chi connectivity index (χ1) is 13.7. The predicted octanol–water partition coefficient (Wildman–Crippen LogP) is 7.08. The fourth-order valence-corrected chi connectivity index (χ4v) is 4.37. The Morgan fingerprint density at radius 2 is 1.93 bits per heavy atom. The third-order valence-electron chi connectivity index (χ3n) is 4.26. The standard InChI is InChI=1S/C22H31ClN2OS2/c1-2-3-4-5-6-7-14-26-20-11-9-19(10-12-20)25-17-27-16-21(24)22-13-8-18(23)15-28-22/h8-13,16,25H,2-7,14-15,17,24H2,1H3/b21-16-. The second-order valence-corrected chi connectivity index (χ2v) is 9.00. The van der Waals surface area contributed by atoms with Crippen molar-refractivity contribution < 1.29 is 4.74 Å². The molecule has 28 heavy (non-hydrogen) atoms. The van der Waals surface area contributed by atoms with Crippen molar-refractivity contribution in [1.82, 2.24) is 0 Å². The zero-order valence-electron chi connectivity index (χ0n) is 16.6. The van der Waals surface area contributed by atoms with E-state index in [2.05, 4.69) is 24.4 Å². The van der Waals surface area contributed by atoms with Gasteiger partial charge >= 0.3 is 0 Å². The molecule has 0 saturated heterocycles. The average molecular weight is 439 g/mol. The molecule has 1 aromatic rings. The molecule has 1 aromatic carbocycles. The number of benzene rings is 1. The highest BCUT2D eigenvalue weighted by Gasteiger charge is 2.07. The van der Waals surface area contributed by atoms with Gasteiger partial charge in [0.2, 0.25) is 0 Å². The number of hydrogen-bond acceptors (Lipinski definition) is 5. The van der Waals surface area contributed by atoms with Gasteiger partial charge in [-0.2, -0.15) is 0 Å². The highest BCUT2D eigenvalue weighted by molar-refractivity contribution is 8.04. The number of nitrogens with one attached hydrogen (secondary N) is 1. The van der Waals surface area contributed by atoms with Crippen molar-refractivity contribution >= 4 is 40.8 Å². The molecule has 0 unspecified atom stereocenters. The maximum atomic E-state index is 6.12. The molecule has 3 N–H and O–H groups in total. The summed E-state index contributed by atoms with van der Waals surface area (Å²) >= 11 is 9.27. The molecule has 2 rings (SSSR count). The van der Waals surface area contributed by atoms with Crippen molar-refractivity contribution in [3.8, 4) is 5.75 Å². The summed E-state index contributed by atoms with van der Waals surface area (Å²) in [5.74, 6) is 2.48. The van der Waals surface area contributed by atoms with Crippen molar-refractivity contribution in [2.45, 2.75) is 45.4 Å². The monoisotopic (exact) mass is 438 g/mol. The summed E-state index contributed by atoms with van der Waals surface area (Å²) in [6.45, 7) is 3.04. The Balaban J connectivity index is 1.61. The van der Waals surface area contributed by atoms with Gasteiger partial charge in [0.1, 0.15) is 5.75 Å². The predicted molar refractivity (Wildman–Crippen MR) is 128 cm³/mol. The van der Waals surface area contributed by atoms with E-state index in [1.807, 2.05) is 29.7 Å². The summed E-state index contributed by atoms with van der Waals surface area (Å²) < 4.78 is 5.82. The van der Waals surface area contributed by atoms with Gasteiger partial charge in [0.15, 0.2) is 0 Å². The van der Waals surface area contributed by atoms with Gasteiger partial charge in [-0.1, -0.05) is 50.6 Å². The largest absolute Gasteiger partial charge is 0.494 e. The first-order valence-corrected chi connectivity index (χ1v) is 12.3. The second-order valence-electron chi connectivity index (χ2n) is 6.63. The summed E-state index contributed by atoms with van der Waals surface area (Å²) in [6, 6.07) is 8.15. The van der Waals surface area contributed by atoms with Gasteiger partial charge in [0.25, 0.3) is 0 Å². The third kappa shape index (κ3) is 9.35. The minimum absolute atomic E-state index is 0.757. The van der Waals surface area contributed by atoms with Gasteiger partial charge in [-0.05, 0) is 48.2 Å². The van der Waals surface area contributed by atoms with Crippen LogP contribution in [0.25, 0.3) is 0 Å². The minimum Gasteiger partial charge on any atom is -0.494 e. The molecule has 0 aliphatic carbocycles. The number of anilines is 1. The third-order valence-corrected chi connectivity index (χ3v) is 6.54. The van der Waals surface area contributed by atoms with E-state index in [-0.39, 0.29) is 0 Å². The van der Waals surface area contributed by atoms with Crippen molar-refractivity contribution in [2.24, 2.45) is 5.73 Å². The number of nitrogens with two attached hydrogens (primary N) is 1. The Bertz CT molecular complexity index is 672. The van der Waals surface area contributed by atoms with Crippen LogP contribution in [0, 0.1) is 0 Å². The number of halogens is 1. The smallest absolute Gasteiger partial charge is 0.119 e. The van der Waals surface area contributed by atoms with E-state index in [0.29, 0.717) is 0 Å². The van der Waals surface area contributed by atoms with Gasteiger partial charge in [-0.25, -0.2) is 0 Å². The molecule has 0 bridgehead atoms. The van der Waals surface area contributed by atoms with Crippen LogP contribution in [-0.2, 0) is 0 Å². The van der Waals surface area contributed by atoms with Crippen LogP contribution in [0.1, 0.15) is 45.4 Å². The van der Waals surface area contributed by atoms with Crippen LogP contribution in [0.3, 0.4) is 0 Å². The van der Waals surface area contributed by atoms with Crippen molar-refractivity contribution in [3.05, 3.63) is 57.5 Å². The number of thioether (sulfide) groups is 2. The van der Waals surface area contributed by atoms with Gasteiger partial charge in [0.05, 0.1) is 18.2 Å². The van der Waals surface area contributed by atoms with E-state index < -0.39 is 0 Å². The molecule has 0 amide bonds. The highest BCUT2D eigenvalue weighted by atomic mass is 35.5. The molecule has 3 nitrogen and oxygen atoms in total. The van der Waals surface area contributed by atoms with E-state index in [0.717, 1.165) is 51.7 Å². The number of ether oxygens (including phenoxy) is 1. The Morgan fingerprint density at radius 1 is 1.18 bits per heavy atom. The van der Waals surface area contributed by atoms with E-state index in [4.69, 9.17) is 22.1 Å². The van der Waals surface area contributed by atoms with E-state index in [1.54, 1.807) is 23.5 Å². The summed E-state index contributed by atoms with van der Waals surface area (Å²) in [4.78, 5) is 1.07. The number of rotatable bonds is 13. The van der Waals surface area contributed by atoms with Crippen LogP contribution in [0.4, 0.5) is 5.69 Å². The van der Waals surface area contributed by atoms with Crippen molar-refractivity contribution in [3.63, 3.8) is 0 Å². The molecule has 6 heteroatoms. The molecule has 1 aliphatic heterocycles. The Hall–Kier alpha value is -1.17. The first kappa shape index (κ1) is 23.1. The lowest BCUT2D eigenvalue weighted by molar-refractivity contribution is 0.304. The first-order valence-electron chi connectivity index (χ1n) is 9.92. The molecule has 0 saturated carbocycles. The molecule has 0 spiro atoms. The fraction of sp³-hybridized carbons (Fsp3) is 0.455. The summed E-state index contributed by atoms with van der Waals surface area (Å²) in [6.07, 6.45) is 11.6. The summed E-state index contributed by atoms with van der Waals surface area (Å²) in [7, 11) is 0. The van der Waals surface area contributed by atoms with Crippen molar-refractivity contribution in [1.29, 1.82) is 0 Å². The Morgan fingerprint density at radius 3 is 2.64 bits per heavy atom. The quantitative estimate of drug-likeness (QED) is 0.254. The number of hydrogen-bond donors (Lipinski definition) is 2. The van der Waals surface area contributed by atoms with Gasteiger partial charge in [0, 0.05) is 21.4 Å². The lowest BCUT2D eigenvalue weighted by Crippen LogP contribution is -2.02. The molecule has 0 atom stereocenters. The van der Waals surface area contributed by atoms with Crippen LogP contribution in [-0.4, -0.2) is 18.2 Å². The maximum Gasteiger partial charge on any atom is 0.119 e. The molecule has 1 aliphatic rings. The number of unbranched alkanes of at least 4 members (excludes halogenated alkanes) is 5. The topological polar surface area (TPSA) is 47.3 Å². The van der Waals surface area contributed by atoms with Crippen LogP contribution in [0.5, 0.6) is 5.75 Å². The van der Waals surface area contributed by atoms with Gasteiger partial charge < -0.3 is 15.8 Å². The van der Waals surface area contributed by atoms with Crippen LogP contribution in [0.15, 0.2) is 57.5 Å². The molecule has 0 radical (unpaired) electrons. The second kappa shape index (κ2) is 13.9. The zero-order valence-corrected chi connectivity index (χ0v) is 19.0. The molecule has 1 heterocycles. The lowest BCUT2D eigenvalue weighted by Gasteiger charge is -2.11. The summed E-state index contributed by atoms with van der Waals surface area (Å²) in [5.41, 5.74) is 7.98. The Kier molecular flexibility index (Phi) is 11.5. The zero-order chi connectivity index (χ0) is 20.0. The minimum atomic E-state index is 0.757. The Labute approximate surface area is 183 Å². The van der Waals surface area contributed by atoms with Gasteiger partial charge in [-0.15, -0.1) is 23.5 Å². The van der Waals surface area contributed by atoms with E-state index in [9.17, 15) is 0 Å². The van der Waals surface area contributed by atoms with Gasteiger partial charge in [-0.3, -0.25) is 0 Å². The van der Waals surface area contributed by atoms with Crippen LogP contribution >= 0.6 is 35.1 Å². The fourth-order valence-electron chi connectivity index (χ4n) is 2.64. The van der Waals surface area contributed by atoms with Crippen molar-refractivity contribution in [2.75, 3.05) is 23.6 Å². The average Bonchev–Trinajstić information content (AvgIpc) is 2.72. The van der Waals surface area contributed by atoms with Crippen LogP contribution < -0.4 is 15.8 Å². The van der Waals surface area contributed by atoms with E-state index >= 15 is 0 Å². The molecule has 154 valence electrons. The molecular weight excluding hydrogens is 408 g/mol. The lowest BCUT2D eigenvalue weighted by atomic mass is 10.1. The number of allylic oxidation sites excluding steroid dienone is 2. The molecular formula is C22H31ClN2OS2. The highest BCUT2D eigenvalue weighted by Crippen LogP contribution is 2.30. The SMILES string of the molecule is CCCCCCCCOc1ccc(NCS/C=C(\N)C2=CC=C(Cl)CS2)cc1. The van der Waals surface area contributed by atoms with E-state index in [1.165, 1.54) is 32.1 Å². The normalized spacial score (nSPS) is 14.4. The van der Waals surface area contributed by atoms with Crippen LogP contribution in [0.2, 0.25) is 0 Å².